The zero-order chi connectivity index (χ0) is 24.9. The van der Waals surface area contributed by atoms with E-state index in [1.165, 1.54) is 26.4 Å². The van der Waals surface area contributed by atoms with Crippen molar-refractivity contribution in [3.8, 4) is 51.5 Å². The second kappa shape index (κ2) is 10.3. The van der Waals surface area contributed by atoms with E-state index in [-0.39, 0.29) is 5.82 Å². The maximum absolute atomic E-state index is 13.6. The van der Waals surface area contributed by atoms with Crippen LogP contribution in [0.5, 0.6) is 17.2 Å². The van der Waals surface area contributed by atoms with Gasteiger partial charge in [-0.2, -0.15) is 5.26 Å². The number of nitrogens with one attached hydrogen (secondary N) is 1. The van der Waals surface area contributed by atoms with Gasteiger partial charge >= 0.3 is 0 Å². The summed E-state index contributed by atoms with van der Waals surface area (Å²) in [6, 6.07) is 17.7. The Kier molecular flexibility index (Phi) is 6.99. The largest absolute Gasteiger partial charge is 0.493 e. The van der Waals surface area contributed by atoms with Crippen LogP contribution in [0, 0.1) is 17.1 Å². The lowest BCUT2D eigenvalue weighted by Crippen LogP contribution is -2.12. The van der Waals surface area contributed by atoms with Gasteiger partial charge < -0.3 is 24.1 Å². The van der Waals surface area contributed by atoms with E-state index in [1.807, 2.05) is 36.0 Å². The minimum absolute atomic E-state index is 0.342. The van der Waals surface area contributed by atoms with E-state index in [9.17, 15) is 9.65 Å². The first-order valence-corrected chi connectivity index (χ1v) is 10.9. The first-order chi connectivity index (χ1) is 17.1. The molecule has 7 nitrogen and oxygen atoms in total. The molecule has 178 valence electrons. The average molecular weight is 473 g/mol. The SMILES string of the molecule is CNCc1cccn1-c1nc(-c2ccc(F)cc2)cc(-c2ccc(OC)c(OC)c2OC)c1C#N. The third kappa shape index (κ3) is 4.42. The van der Waals surface area contributed by atoms with Crippen LogP contribution in [0.1, 0.15) is 11.3 Å². The molecule has 2 aromatic heterocycles. The van der Waals surface area contributed by atoms with Crippen molar-refractivity contribution in [2.24, 2.45) is 0 Å². The van der Waals surface area contributed by atoms with Gasteiger partial charge in [-0.1, -0.05) is 0 Å². The van der Waals surface area contributed by atoms with E-state index < -0.39 is 0 Å². The third-order valence-corrected chi connectivity index (χ3v) is 5.67. The summed E-state index contributed by atoms with van der Waals surface area (Å²) in [4.78, 5) is 4.84. The Morgan fingerprint density at radius 2 is 1.71 bits per heavy atom. The zero-order valence-corrected chi connectivity index (χ0v) is 19.9. The molecule has 0 fully saturated rings. The van der Waals surface area contributed by atoms with Crippen molar-refractivity contribution in [2.75, 3.05) is 28.4 Å². The van der Waals surface area contributed by atoms with Crippen molar-refractivity contribution in [3.05, 3.63) is 77.9 Å². The van der Waals surface area contributed by atoms with Crippen molar-refractivity contribution in [2.45, 2.75) is 6.54 Å². The number of aromatic nitrogens is 2. The molecule has 2 aromatic carbocycles. The molecule has 0 bridgehead atoms. The Morgan fingerprint density at radius 1 is 0.971 bits per heavy atom. The van der Waals surface area contributed by atoms with Gasteiger partial charge in [-0.05, 0) is 61.6 Å². The second-order valence-electron chi connectivity index (χ2n) is 7.65. The molecule has 1 N–H and O–H groups in total. The Balaban J connectivity index is 2.07. The van der Waals surface area contributed by atoms with E-state index >= 15 is 0 Å². The lowest BCUT2D eigenvalue weighted by molar-refractivity contribution is 0.325. The van der Waals surface area contributed by atoms with Crippen molar-refractivity contribution in [1.29, 1.82) is 5.26 Å². The van der Waals surface area contributed by atoms with Crippen molar-refractivity contribution < 1.29 is 18.6 Å². The van der Waals surface area contributed by atoms with E-state index in [1.54, 1.807) is 31.4 Å². The summed E-state index contributed by atoms with van der Waals surface area (Å²) in [6.45, 7) is 0.579. The quantitative estimate of drug-likeness (QED) is 0.390. The molecule has 0 amide bonds. The first-order valence-electron chi connectivity index (χ1n) is 10.9. The average Bonchev–Trinajstić information content (AvgIpc) is 3.35. The van der Waals surface area contributed by atoms with Crippen LogP contribution in [-0.4, -0.2) is 37.9 Å². The number of pyridine rings is 1. The molecule has 0 spiro atoms. The number of hydrogen-bond acceptors (Lipinski definition) is 6. The summed E-state index contributed by atoms with van der Waals surface area (Å²) in [7, 11) is 6.46. The number of benzene rings is 2. The van der Waals surface area contributed by atoms with Crippen LogP contribution in [0.3, 0.4) is 0 Å². The molecule has 2 heterocycles. The lowest BCUT2D eigenvalue weighted by Gasteiger charge is -2.19. The molecular formula is C27H25FN4O3. The number of rotatable bonds is 8. The highest BCUT2D eigenvalue weighted by atomic mass is 19.1. The van der Waals surface area contributed by atoms with Gasteiger partial charge in [0.1, 0.15) is 17.4 Å². The molecule has 0 saturated carbocycles. The van der Waals surface area contributed by atoms with Crippen molar-refractivity contribution in [3.63, 3.8) is 0 Å². The molecule has 0 atom stereocenters. The maximum atomic E-state index is 13.6. The Bertz CT molecular complexity index is 1390. The van der Waals surface area contributed by atoms with Crippen LogP contribution in [0.2, 0.25) is 0 Å². The van der Waals surface area contributed by atoms with Crippen LogP contribution in [0.25, 0.3) is 28.2 Å². The van der Waals surface area contributed by atoms with Gasteiger partial charge in [0, 0.05) is 35.1 Å². The summed E-state index contributed by atoms with van der Waals surface area (Å²) in [5.41, 5.74) is 3.80. The fourth-order valence-corrected chi connectivity index (χ4v) is 4.06. The summed E-state index contributed by atoms with van der Waals surface area (Å²) >= 11 is 0. The number of nitrogens with zero attached hydrogens (tertiary/aromatic N) is 3. The van der Waals surface area contributed by atoms with E-state index in [4.69, 9.17) is 19.2 Å². The second-order valence-corrected chi connectivity index (χ2v) is 7.65. The third-order valence-electron chi connectivity index (χ3n) is 5.67. The predicted molar refractivity (Wildman–Crippen MR) is 132 cm³/mol. The van der Waals surface area contributed by atoms with Crippen LogP contribution in [0.4, 0.5) is 4.39 Å². The molecule has 0 aliphatic carbocycles. The molecule has 0 radical (unpaired) electrons. The molecule has 35 heavy (non-hydrogen) atoms. The smallest absolute Gasteiger partial charge is 0.203 e. The van der Waals surface area contributed by atoms with Gasteiger partial charge in [0.15, 0.2) is 17.3 Å². The normalized spacial score (nSPS) is 10.6. The standard InChI is InChI=1S/C27H25FN4O3/c1-30-16-19-6-5-13-32(19)27-22(15-29)21(14-23(31-27)17-7-9-18(28)10-8-17)20-11-12-24(33-2)26(35-4)25(20)34-3/h5-14,30H,16H2,1-4H3. The highest BCUT2D eigenvalue weighted by molar-refractivity contribution is 5.84. The van der Waals surface area contributed by atoms with Gasteiger partial charge in [0.25, 0.3) is 0 Å². The first kappa shape index (κ1) is 23.8. The summed E-state index contributed by atoms with van der Waals surface area (Å²) in [5.74, 6) is 1.45. The Labute approximate surface area is 203 Å². The molecule has 8 heteroatoms. The van der Waals surface area contributed by atoms with Crippen LogP contribution in [-0.2, 0) is 6.54 Å². The summed E-state index contributed by atoms with van der Waals surface area (Å²) in [6.07, 6.45) is 1.86. The molecule has 0 aliphatic heterocycles. The van der Waals surface area contributed by atoms with Crippen LogP contribution < -0.4 is 19.5 Å². The number of hydrogen-bond donors (Lipinski definition) is 1. The van der Waals surface area contributed by atoms with Crippen LogP contribution >= 0.6 is 0 Å². The molecule has 4 aromatic rings. The van der Waals surface area contributed by atoms with Gasteiger partial charge in [-0.25, -0.2) is 9.37 Å². The molecule has 0 aliphatic rings. The molecule has 0 saturated heterocycles. The topological polar surface area (TPSA) is 81.3 Å². The highest BCUT2D eigenvalue weighted by Crippen LogP contribution is 2.46. The zero-order valence-electron chi connectivity index (χ0n) is 19.9. The summed E-state index contributed by atoms with van der Waals surface area (Å²) in [5, 5.41) is 13.4. The monoisotopic (exact) mass is 472 g/mol. The van der Waals surface area contributed by atoms with E-state index in [2.05, 4.69) is 11.4 Å². The van der Waals surface area contributed by atoms with Crippen molar-refractivity contribution in [1.82, 2.24) is 14.9 Å². The van der Waals surface area contributed by atoms with Gasteiger partial charge in [-0.15, -0.1) is 0 Å². The Hall–Kier alpha value is -4.35. The number of halogens is 1. The number of ether oxygens (including phenoxy) is 3. The van der Waals surface area contributed by atoms with Gasteiger partial charge in [0.2, 0.25) is 5.75 Å². The Morgan fingerprint density at radius 3 is 2.34 bits per heavy atom. The summed E-state index contributed by atoms with van der Waals surface area (Å²) < 4.78 is 32.2. The number of methoxy groups -OCH3 is 3. The lowest BCUT2D eigenvalue weighted by atomic mass is 9.96. The minimum atomic E-state index is -0.342. The molecule has 4 rings (SSSR count). The van der Waals surface area contributed by atoms with Crippen LogP contribution in [0.15, 0.2) is 60.8 Å². The van der Waals surface area contributed by atoms with Gasteiger partial charge in [-0.3, -0.25) is 0 Å². The fraction of sp³-hybridized carbons (Fsp3) is 0.185. The minimum Gasteiger partial charge on any atom is -0.493 e. The fourth-order valence-electron chi connectivity index (χ4n) is 4.06. The van der Waals surface area contributed by atoms with Crippen molar-refractivity contribution >= 4 is 0 Å². The molecule has 0 unspecified atom stereocenters. The molecular weight excluding hydrogens is 447 g/mol. The number of nitriles is 1. The highest BCUT2D eigenvalue weighted by Gasteiger charge is 2.23. The maximum Gasteiger partial charge on any atom is 0.203 e. The van der Waals surface area contributed by atoms with E-state index in [0.29, 0.717) is 57.6 Å². The predicted octanol–water partition coefficient (Wildman–Crippen LogP) is 4.96. The van der Waals surface area contributed by atoms with E-state index in [0.717, 1.165) is 5.69 Å². The van der Waals surface area contributed by atoms with Gasteiger partial charge in [0.05, 0.1) is 27.0 Å².